The number of nitro benzene ring substituents is 1. The van der Waals surface area contributed by atoms with Crippen molar-refractivity contribution in [3.8, 4) is 0 Å². The van der Waals surface area contributed by atoms with Gasteiger partial charge in [-0.2, -0.15) is 0 Å². The number of hydrogen-bond acceptors (Lipinski definition) is 5. The van der Waals surface area contributed by atoms with E-state index >= 15 is 0 Å². The van der Waals surface area contributed by atoms with Crippen molar-refractivity contribution in [1.82, 2.24) is 9.97 Å². The summed E-state index contributed by atoms with van der Waals surface area (Å²) >= 11 is 6.97. The molecule has 0 unspecified atom stereocenters. The number of thioether (sulfide) groups is 1. The van der Waals surface area contributed by atoms with Gasteiger partial charge in [0.1, 0.15) is 5.15 Å². The summed E-state index contributed by atoms with van der Waals surface area (Å²) in [5.74, 6) is 0.509. The van der Waals surface area contributed by atoms with E-state index in [1.165, 1.54) is 24.0 Å². The van der Waals surface area contributed by atoms with E-state index in [-0.39, 0.29) is 5.69 Å². The zero-order valence-electron chi connectivity index (χ0n) is 9.12. The highest BCUT2D eigenvalue weighted by molar-refractivity contribution is 7.98. The molecule has 0 spiro atoms. The zero-order chi connectivity index (χ0) is 13.0. The Morgan fingerprint density at radius 3 is 2.72 bits per heavy atom. The van der Waals surface area contributed by atoms with Gasteiger partial charge in [-0.1, -0.05) is 23.7 Å². The molecule has 0 saturated heterocycles. The molecule has 7 heteroatoms. The SMILES string of the molecule is O=[N+]([O-])c1ccccc1SCc1cnc(Cl)cn1. The van der Waals surface area contributed by atoms with Crippen LogP contribution < -0.4 is 0 Å². The second-order valence-electron chi connectivity index (χ2n) is 3.34. The molecule has 2 rings (SSSR count). The molecule has 0 aliphatic carbocycles. The maximum Gasteiger partial charge on any atom is 0.282 e. The summed E-state index contributed by atoms with van der Waals surface area (Å²) in [7, 11) is 0. The Kier molecular flexibility index (Phi) is 4.11. The van der Waals surface area contributed by atoms with Crippen LogP contribution in [-0.4, -0.2) is 14.9 Å². The van der Waals surface area contributed by atoms with E-state index in [4.69, 9.17) is 11.6 Å². The van der Waals surface area contributed by atoms with E-state index < -0.39 is 4.92 Å². The quantitative estimate of drug-likeness (QED) is 0.488. The molecule has 1 heterocycles. The third-order valence-electron chi connectivity index (χ3n) is 2.11. The van der Waals surface area contributed by atoms with Crippen LogP contribution in [0.4, 0.5) is 5.69 Å². The molecule has 5 nitrogen and oxygen atoms in total. The molecule has 0 fully saturated rings. The molecule has 2 aromatic rings. The van der Waals surface area contributed by atoms with E-state index in [0.717, 1.165) is 5.69 Å². The summed E-state index contributed by atoms with van der Waals surface area (Å²) in [5, 5.41) is 11.2. The molecule has 1 aromatic heterocycles. The predicted octanol–water partition coefficient (Wildman–Crippen LogP) is 3.33. The smallest absolute Gasteiger partial charge is 0.258 e. The lowest BCUT2D eigenvalue weighted by Crippen LogP contribution is -1.92. The highest BCUT2D eigenvalue weighted by Crippen LogP contribution is 2.30. The van der Waals surface area contributed by atoms with E-state index in [1.807, 2.05) is 0 Å². The van der Waals surface area contributed by atoms with Gasteiger partial charge in [0.05, 0.1) is 27.9 Å². The second-order valence-corrected chi connectivity index (χ2v) is 4.75. The van der Waals surface area contributed by atoms with Crippen molar-refractivity contribution in [2.45, 2.75) is 10.6 Å². The Balaban J connectivity index is 2.10. The summed E-state index contributed by atoms with van der Waals surface area (Å²) in [4.78, 5) is 19.0. The molecular weight excluding hydrogens is 274 g/mol. The normalized spacial score (nSPS) is 10.3. The second kappa shape index (κ2) is 5.79. The highest BCUT2D eigenvalue weighted by Gasteiger charge is 2.12. The Morgan fingerprint density at radius 2 is 2.06 bits per heavy atom. The molecule has 0 aliphatic rings. The standard InChI is InChI=1S/C11H8ClN3O2S/c12-11-6-13-8(5-14-11)7-18-10-4-2-1-3-9(10)15(16)17/h1-6H,7H2. The first kappa shape index (κ1) is 12.8. The largest absolute Gasteiger partial charge is 0.282 e. The highest BCUT2D eigenvalue weighted by atomic mass is 35.5. The maximum absolute atomic E-state index is 10.8. The minimum atomic E-state index is -0.393. The third kappa shape index (κ3) is 3.18. The third-order valence-corrected chi connectivity index (χ3v) is 3.40. The van der Waals surface area contributed by atoms with Crippen LogP contribution in [0.15, 0.2) is 41.6 Å². The Labute approximate surface area is 112 Å². The minimum Gasteiger partial charge on any atom is -0.258 e. The fourth-order valence-corrected chi connectivity index (χ4v) is 2.31. The first-order valence-electron chi connectivity index (χ1n) is 4.99. The van der Waals surface area contributed by atoms with E-state index in [9.17, 15) is 10.1 Å². The topological polar surface area (TPSA) is 68.9 Å². The fourth-order valence-electron chi connectivity index (χ4n) is 1.30. The Morgan fingerprint density at radius 1 is 1.28 bits per heavy atom. The number of aromatic nitrogens is 2. The van der Waals surface area contributed by atoms with Crippen LogP contribution in [0.1, 0.15) is 5.69 Å². The molecule has 92 valence electrons. The summed E-state index contributed by atoms with van der Waals surface area (Å²) in [6, 6.07) is 6.61. The van der Waals surface area contributed by atoms with Crippen LogP contribution >= 0.6 is 23.4 Å². The fraction of sp³-hybridized carbons (Fsp3) is 0.0909. The van der Waals surface area contributed by atoms with Gasteiger partial charge in [0.25, 0.3) is 5.69 Å². The van der Waals surface area contributed by atoms with Crippen molar-refractivity contribution in [3.05, 3.63) is 57.6 Å². The predicted molar refractivity (Wildman–Crippen MR) is 69.7 cm³/mol. The van der Waals surface area contributed by atoms with Crippen molar-refractivity contribution >= 4 is 29.1 Å². The maximum atomic E-state index is 10.8. The minimum absolute atomic E-state index is 0.101. The van der Waals surface area contributed by atoms with Gasteiger partial charge in [0.2, 0.25) is 0 Å². The first-order valence-corrected chi connectivity index (χ1v) is 6.36. The summed E-state index contributed by atoms with van der Waals surface area (Å²) in [6.45, 7) is 0. The van der Waals surface area contributed by atoms with Gasteiger partial charge in [-0.25, -0.2) is 4.98 Å². The number of benzene rings is 1. The number of halogens is 1. The van der Waals surface area contributed by atoms with E-state index in [2.05, 4.69) is 9.97 Å². The molecule has 1 aromatic carbocycles. The van der Waals surface area contributed by atoms with Gasteiger partial charge in [-0.3, -0.25) is 15.1 Å². The number of hydrogen-bond donors (Lipinski definition) is 0. The molecule has 0 aliphatic heterocycles. The zero-order valence-corrected chi connectivity index (χ0v) is 10.7. The number of para-hydroxylation sites is 1. The molecule has 0 radical (unpaired) electrons. The van der Waals surface area contributed by atoms with Gasteiger partial charge < -0.3 is 0 Å². The Hall–Kier alpha value is -1.66. The van der Waals surface area contributed by atoms with Crippen LogP contribution in [0.2, 0.25) is 5.15 Å². The van der Waals surface area contributed by atoms with Gasteiger partial charge in [-0.15, -0.1) is 11.8 Å². The molecule has 0 bridgehead atoms. The van der Waals surface area contributed by atoms with Crippen LogP contribution in [-0.2, 0) is 5.75 Å². The summed E-state index contributed by atoms with van der Waals surface area (Å²) in [5.41, 5.74) is 0.826. The van der Waals surface area contributed by atoms with Crippen molar-refractivity contribution in [1.29, 1.82) is 0 Å². The van der Waals surface area contributed by atoms with Crippen LogP contribution in [0.5, 0.6) is 0 Å². The van der Waals surface area contributed by atoms with Crippen LogP contribution in [0.3, 0.4) is 0 Å². The number of rotatable bonds is 4. The van der Waals surface area contributed by atoms with Crippen molar-refractivity contribution in [2.75, 3.05) is 0 Å². The van der Waals surface area contributed by atoms with E-state index in [0.29, 0.717) is 15.8 Å². The molecule has 0 amide bonds. The van der Waals surface area contributed by atoms with Crippen LogP contribution in [0.25, 0.3) is 0 Å². The molecule has 0 atom stereocenters. The molecular formula is C11H8ClN3O2S. The molecule has 0 saturated carbocycles. The lowest BCUT2D eigenvalue weighted by atomic mass is 10.3. The molecule has 0 N–H and O–H groups in total. The summed E-state index contributed by atoms with van der Waals surface area (Å²) < 4.78 is 0. The van der Waals surface area contributed by atoms with Gasteiger partial charge >= 0.3 is 0 Å². The monoisotopic (exact) mass is 281 g/mol. The number of nitrogens with zero attached hydrogens (tertiary/aromatic N) is 3. The molecule has 18 heavy (non-hydrogen) atoms. The van der Waals surface area contributed by atoms with Crippen molar-refractivity contribution < 1.29 is 4.92 Å². The van der Waals surface area contributed by atoms with Crippen LogP contribution in [0, 0.1) is 10.1 Å². The lowest BCUT2D eigenvalue weighted by molar-refractivity contribution is -0.387. The number of nitro groups is 1. The lowest BCUT2D eigenvalue weighted by Gasteiger charge is -2.02. The average Bonchev–Trinajstić information content (AvgIpc) is 2.38. The summed E-state index contributed by atoms with van der Waals surface area (Å²) in [6.07, 6.45) is 3.01. The average molecular weight is 282 g/mol. The van der Waals surface area contributed by atoms with Crippen molar-refractivity contribution in [2.24, 2.45) is 0 Å². The van der Waals surface area contributed by atoms with Gasteiger partial charge in [0.15, 0.2) is 0 Å². The first-order chi connectivity index (χ1) is 8.66. The van der Waals surface area contributed by atoms with Crippen molar-refractivity contribution in [3.63, 3.8) is 0 Å². The van der Waals surface area contributed by atoms with E-state index in [1.54, 1.807) is 24.4 Å². The Bertz CT molecular complexity index is 562. The van der Waals surface area contributed by atoms with Gasteiger partial charge in [0, 0.05) is 11.8 Å². The van der Waals surface area contributed by atoms with Gasteiger partial charge in [-0.05, 0) is 6.07 Å².